The topological polar surface area (TPSA) is 89.3 Å². The van der Waals surface area contributed by atoms with E-state index in [-0.39, 0.29) is 5.91 Å². The predicted octanol–water partition coefficient (Wildman–Crippen LogP) is 3.12. The maximum Gasteiger partial charge on any atom is 0.222 e. The summed E-state index contributed by atoms with van der Waals surface area (Å²) in [6, 6.07) is 9.85. The summed E-state index contributed by atoms with van der Waals surface area (Å²) in [5, 5.41) is 9.19. The molecule has 1 aliphatic rings. The Balaban J connectivity index is 1.12. The fraction of sp³-hybridized carbons (Fsp3) is 0.435. The minimum absolute atomic E-state index is 0.159. The van der Waals surface area contributed by atoms with Gasteiger partial charge in [0.25, 0.3) is 0 Å². The Labute approximate surface area is 195 Å². The minimum Gasteiger partial charge on any atom is -0.395 e. The van der Waals surface area contributed by atoms with Gasteiger partial charge in [-0.2, -0.15) is 0 Å². The van der Waals surface area contributed by atoms with E-state index in [1.165, 1.54) is 9.72 Å². The number of nitrogens with zero attached hydrogens (tertiary/aromatic N) is 7. The van der Waals surface area contributed by atoms with Crippen LogP contribution in [0.1, 0.15) is 37.5 Å². The number of piperazine rings is 1. The molecule has 3 aromatic heterocycles. The van der Waals surface area contributed by atoms with Gasteiger partial charge in [0.15, 0.2) is 0 Å². The first kappa shape index (κ1) is 21.6. The summed E-state index contributed by atoms with van der Waals surface area (Å²) in [6.45, 7) is 7.73. The lowest BCUT2D eigenvalue weighted by Gasteiger charge is -2.35. The molecule has 10 heteroatoms. The molecule has 9 nitrogen and oxygen atoms in total. The average Bonchev–Trinajstić information content (AvgIpc) is 3.46. The zero-order valence-corrected chi connectivity index (χ0v) is 19.7. The van der Waals surface area contributed by atoms with Crippen LogP contribution < -0.4 is 9.74 Å². The van der Waals surface area contributed by atoms with Crippen molar-refractivity contribution in [3.05, 3.63) is 41.5 Å². The number of hydrogen-bond donors (Lipinski definition) is 0. The third kappa shape index (κ3) is 4.47. The molecule has 0 N–H and O–H groups in total. The molecule has 0 bridgehead atoms. The van der Waals surface area contributed by atoms with E-state index in [1.807, 2.05) is 29.2 Å². The van der Waals surface area contributed by atoms with Crippen LogP contribution in [0.15, 0.2) is 36.7 Å². The first-order chi connectivity index (χ1) is 16.1. The molecule has 1 fully saturated rings. The molecular weight excluding hydrogens is 438 g/mol. The molecule has 0 spiro atoms. The zero-order chi connectivity index (χ0) is 22.8. The van der Waals surface area contributed by atoms with Crippen LogP contribution >= 0.6 is 11.3 Å². The minimum atomic E-state index is 0.159. The number of carbonyl (C=O) groups excluding carboxylic acids is 1. The largest absolute Gasteiger partial charge is 0.395 e. The number of hydrogen-bond acceptors (Lipinski definition) is 8. The van der Waals surface area contributed by atoms with Crippen molar-refractivity contribution in [3.63, 3.8) is 0 Å². The summed E-state index contributed by atoms with van der Waals surface area (Å²) in [4.78, 5) is 35.4. The number of aromatic nitrogens is 5. The third-order valence-electron chi connectivity index (χ3n) is 5.90. The van der Waals surface area contributed by atoms with Crippen molar-refractivity contribution < 1.29 is 9.63 Å². The van der Waals surface area contributed by atoms with Gasteiger partial charge in [-0.3, -0.25) is 4.79 Å². The van der Waals surface area contributed by atoms with Gasteiger partial charge in [0.05, 0.1) is 5.39 Å². The Kier molecular flexibility index (Phi) is 6.08. The van der Waals surface area contributed by atoms with Crippen LogP contribution in [0.2, 0.25) is 0 Å². The van der Waals surface area contributed by atoms with Gasteiger partial charge in [-0.1, -0.05) is 30.8 Å². The Morgan fingerprint density at radius 1 is 1.15 bits per heavy atom. The SMILES string of the molecule is CC(C)c1cc2c(N3CCN(C(=O)CCCOn4nnc5ccccc54)CC3)ncnc2s1. The second-order valence-corrected chi connectivity index (χ2v) is 9.54. The second kappa shape index (κ2) is 9.30. The Hall–Kier alpha value is -3.27. The molecule has 0 aliphatic carbocycles. The van der Waals surface area contributed by atoms with Crippen molar-refractivity contribution in [2.24, 2.45) is 0 Å². The van der Waals surface area contributed by atoms with Crippen LogP contribution in [0.4, 0.5) is 5.82 Å². The number of benzene rings is 1. The van der Waals surface area contributed by atoms with Crippen LogP contribution in [-0.4, -0.2) is 68.7 Å². The number of fused-ring (bicyclic) bond motifs is 2. The van der Waals surface area contributed by atoms with Crippen LogP contribution in [0.25, 0.3) is 21.3 Å². The molecule has 33 heavy (non-hydrogen) atoms. The van der Waals surface area contributed by atoms with E-state index in [0.717, 1.165) is 40.2 Å². The quantitative estimate of drug-likeness (QED) is 0.388. The molecule has 4 heterocycles. The lowest BCUT2D eigenvalue weighted by atomic mass is 10.1. The number of carbonyl (C=O) groups is 1. The van der Waals surface area contributed by atoms with Gasteiger partial charge in [0, 0.05) is 37.5 Å². The Morgan fingerprint density at radius 2 is 1.97 bits per heavy atom. The van der Waals surface area contributed by atoms with Crippen molar-refractivity contribution in [1.82, 2.24) is 30.0 Å². The van der Waals surface area contributed by atoms with Crippen LogP contribution in [0.3, 0.4) is 0 Å². The maximum atomic E-state index is 12.7. The van der Waals surface area contributed by atoms with Gasteiger partial charge in [-0.05, 0) is 35.8 Å². The normalized spacial score (nSPS) is 14.5. The van der Waals surface area contributed by atoms with E-state index in [0.29, 0.717) is 38.5 Å². The van der Waals surface area contributed by atoms with Gasteiger partial charge >= 0.3 is 0 Å². The first-order valence-electron chi connectivity index (χ1n) is 11.3. The molecule has 1 amide bonds. The van der Waals surface area contributed by atoms with Gasteiger partial charge in [0.2, 0.25) is 5.91 Å². The van der Waals surface area contributed by atoms with Crippen molar-refractivity contribution in [2.45, 2.75) is 32.6 Å². The molecule has 5 rings (SSSR count). The zero-order valence-electron chi connectivity index (χ0n) is 18.8. The van der Waals surface area contributed by atoms with Crippen molar-refractivity contribution in [1.29, 1.82) is 0 Å². The van der Waals surface area contributed by atoms with E-state index in [4.69, 9.17) is 4.84 Å². The summed E-state index contributed by atoms with van der Waals surface area (Å²) in [5.74, 6) is 1.61. The van der Waals surface area contributed by atoms with Gasteiger partial charge in [0.1, 0.15) is 34.6 Å². The lowest BCUT2D eigenvalue weighted by Crippen LogP contribution is -2.49. The fourth-order valence-electron chi connectivity index (χ4n) is 4.04. The summed E-state index contributed by atoms with van der Waals surface area (Å²) in [5.41, 5.74) is 1.61. The highest BCUT2D eigenvalue weighted by Crippen LogP contribution is 2.34. The fourth-order valence-corrected chi connectivity index (χ4v) is 5.04. The highest BCUT2D eigenvalue weighted by atomic mass is 32.1. The number of thiophene rings is 1. The van der Waals surface area contributed by atoms with Gasteiger partial charge < -0.3 is 14.6 Å². The van der Waals surface area contributed by atoms with E-state index in [9.17, 15) is 4.79 Å². The number of rotatable bonds is 7. The Bertz CT molecular complexity index is 1260. The molecule has 172 valence electrons. The first-order valence-corrected chi connectivity index (χ1v) is 12.1. The van der Waals surface area contributed by atoms with Crippen LogP contribution in [0.5, 0.6) is 0 Å². The van der Waals surface area contributed by atoms with E-state index in [1.54, 1.807) is 17.7 Å². The molecule has 0 radical (unpaired) electrons. The molecule has 1 aromatic carbocycles. The molecular formula is C23H27N7O2S. The predicted molar refractivity (Wildman–Crippen MR) is 129 cm³/mol. The van der Waals surface area contributed by atoms with E-state index in [2.05, 4.69) is 45.1 Å². The van der Waals surface area contributed by atoms with E-state index >= 15 is 0 Å². The van der Waals surface area contributed by atoms with E-state index < -0.39 is 0 Å². The smallest absolute Gasteiger partial charge is 0.222 e. The molecule has 0 unspecified atom stereocenters. The van der Waals surface area contributed by atoms with Crippen molar-refractivity contribution >= 4 is 44.3 Å². The van der Waals surface area contributed by atoms with Gasteiger partial charge in [-0.25, -0.2) is 9.97 Å². The molecule has 4 aromatic rings. The highest BCUT2D eigenvalue weighted by molar-refractivity contribution is 7.18. The second-order valence-electron chi connectivity index (χ2n) is 8.48. The summed E-state index contributed by atoms with van der Waals surface area (Å²) >= 11 is 1.74. The lowest BCUT2D eigenvalue weighted by molar-refractivity contribution is -0.131. The number of amides is 1. The molecule has 1 aliphatic heterocycles. The van der Waals surface area contributed by atoms with Crippen LogP contribution in [-0.2, 0) is 4.79 Å². The van der Waals surface area contributed by atoms with Crippen molar-refractivity contribution in [2.75, 3.05) is 37.7 Å². The van der Waals surface area contributed by atoms with Gasteiger partial charge in [-0.15, -0.1) is 16.4 Å². The summed E-state index contributed by atoms with van der Waals surface area (Å²) < 4.78 is 0. The summed E-state index contributed by atoms with van der Waals surface area (Å²) in [7, 11) is 0. The van der Waals surface area contributed by atoms with Crippen molar-refractivity contribution in [3.8, 4) is 0 Å². The monoisotopic (exact) mass is 465 g/mol. The highest BCUT2D eigenvalue weighted by Gasteiger charge is 2.23. The summed E-state index contributed by atoms with van der Waals surface area (Å²) in [6.07, 6.45) is 2.73. The molecule has 0 atom stereocenters. The van der Waals surface area contributed by atoms with Crippen LogP contribution in [0, 0.1) is 0 Å². The Morgan fingerprint density at radius 3 is 2.79 bits per heavy atom. The number of para-hydroxylation sites is 1. The molecule has 0 saturated carbocycles. The standard InChI is InChI=1S/C23H27N7O2S/c1-16(2)20-14-17-22(24-15-25-23(17)33-20)29-11-9-28(10-12-29)21(31)8-5-13-32-30-19-7-4-3-6-18(19)26-27-30/h3-4,6-7,14-16H,5,8-13H2,1-2H3. The molecule has 1 saturated heterocycles. The maximum absolute atomic E-state index is 12.7. The number of anilines is 1. The third-order valence-corrected chi connectivity index (χ3v) is 7.24. The average molecular weight is 466 g/mol.